The molecule has 0 saturated carbocycles. The fraction of sp³-hybridized carbons (Fsp3) is 0.111. The fourth-order valence-corrected chi connectivity index (χ4v) is 2.11. The summed E-state index contributed by atoms with van der Waals surface area (Å²) in [4.78, 5) is 0. The third kappa shape index (κ3) is 0.975. The first-order valence-corrected chi connectivity index (χ1v) is 4.43. The molecular formula is C9H7FOS. The monoisotopic (exact) mass is 182 g/mol. The van der Waals surface area contributed by atoms with Crippen LogP contribution in [0.4, 0.5) is 4.39 Å². The van der Waals surface area contributed by atoms with E-state index in [0.717, 1.165) is 15.6 Å². The van der Waals surface area contributed by atoms with Gasteiger partial charge in [-0.2, -0.15) is 0 Å². The predicted octanol–water partition coefficient (Wildman–Crippen LogP) is 3.05. The van der Waals surface area contributed by atoms with Crippen molar-refractivity contribution in [2.75, 3.05) is 0 Å². The summed E-state index contributed by atoms with van der Waals surface area (Å²) in [5.74, 6) is -0.826. The minimum absolute atomic E-state index is 0.274. The molecule has 0 aliphatic heterocycles. The van der Waals surface area contributed by atoms with Gasteiger partial charge in [0.05, 0.1) is 0 Å². The first-order valence-electron chi connectivity index (χ1n) is 3.55. The van der Waals surface area contributed by atoms with E-state index < -0.39 is 5.82 Å². The van der Waals surface area contributed by atoms with Crippen LogP contribution in [0.1, 0.15) is 5.56 Å². The van der Waals surface area contributed by atoms with Crippen LogP contribution in [-0.4, -0.2) is 5.11 Å². The zero-order chi connectivity index (χ0) is 8.72. The maximum Gasteiger partial charge on any atom is 0.166 e. The molecule has 12 heavy (non-hydrogen) atoms. The molecule has 62 valence electrons. The van der Waals surface area contributed by atoms with Gasteiger partial charge in [0.2, 0.25) is 0 Å². The third-order valence-electron chi connectivity index (χ3n) is 1.84. The lowest BCUT2D eigenvalue weighted by atomic mass is 10.2. The smallest absolute Gasteiger partial charge is 0.166 e. The molecule has 1 aromatic carbocycles. The van der Waals surface area contributed by atoms with Gasteiger partial charge in [-0.05, 0) is 35.4 Å². The quantitative estimate of drug-likeness (QED) is 0.663. The van der Waals surface area contributed by atoms with E-state index in [1.165, 1.54) is 23.5 Å². The van der Waals surface area contributed by atoms with E-state index in [-0.39, 0.29) is 5.75 Å². The van der Waals surface area contributed by atoms with Gasteiger partial charge in [-0.15, -0.1) is 11.3 Å². The van der Waals surface area contributed by atoms with Crippen molar-refractivity contribution < 1.29 is 9.50 Å². The maximum absolute atomic E-state index is 12.8. The lowest BCUT2D eigenvalue weighted by Gasteiger charge is -1.95. The molecule has 1 N–H and O–H groups in total. The Hall–Kier alpha value is -1.09. The van der Waals surface area contributed by atoms with Crippen molar-refractivity contribution in [3.8, 4) is 5.75 Å². The molecule has 2 aromatic rings. The van der Waals surface area contributed by atoms with Crippen LogP contribution in [0.2, 0.25) is 0 Å². The van der Waals surface area contributed by atoms with E-state index in [4.69, 9.17) is 5.11 Å². The molecule has 3 heteroatoms. The summed E-state index contributed by atoms with van der Waals surface area (Å²) in [6.07, 6.45) is 0. The highest BCUT2D eigenvalue weighted by atomic mass is 32.1. The minimum atomic E-state index is -0.552. The van der Waals surface area contributed by atoms with Gasteiger partial charge >= 0.3 is 0 Å². The van der Waals surface area contributed by atoms with Crippen LogP contribution in [0.25, 0.3) is 10.1 Å². The Morgan fingerprint density at radius 2 is 2.17 bits per heavy atom. The number of thiophene rings is 1. The number of fused-ring (bicyclic) bond motifs is 1. The Kier molecular flexibility index (Phi) is 1.54. The molecule has 0 bridgehead atoms. The summed E-state index contributed by atoms with van der Waals surface area (Å²) in [5, 5.41) is 12.0. The second kappa shape index (κ2) is 2.45. The van der Waals surface area contributed by atoms with Crippen molar-refractivity contribution >= 4 is 21.4 Å². The number of rotatable bonds is 0. The number of phenols is 1. The van der Waals surface area contributed by atoms with Crippen molar-refractivity contribution in [3.05, 3.63) is 28.9 Å². The Morgan fingerprint density at radius 3 is 2.92 bits per heavy atom. The van der Waals surface area contributed by atoms with Crippen LogP contribution >= 0.6 is 11.3 Å². The summed E-state index contributed by atoms with van der Waals surface area (Å²) >= 11 is 1.49. The molecule has 1 heterocycles. The summed E-state index contributed by atoms with van der Waals surface area (Å²) < 4.78 is 13.7. The molecule has 0 amide bonds. The molecule has 1 nitrogen and oxygen atoms in total. The van der Waals surface area contributed by atoms with E-state index in [2.05, 4.69) is 0 Å². The van der Waals surface area contributed by atoms with Crippen LogP contribution in [0, 0.1) is 12.7 Å². The SMILES string of the molecule is Cc1csc2cc(F)c(O)cc12. The number of aromatic hydroxyl groups is 1. The first-order chi connectivity index (χ1) is 5.68. The summed E-state index contributed by atoms with van der Waals surface area (Å²) in [7, 11) is 0. The lowest BCUT2D eigenvalue weighted by molar-refractivity contribution is 0.434. The normalized spacial score (nSPS) is 10.8. The van der Waals surface area contributed by atoms with Gasteiger partial charge in [0.1, 0.15) is 0 Å². The molecule has 0 saturated heterocycles. The van der Waals surface area contributed by atoms with E-state index in [0.29, 0.717) is 0 Å². The van der Waals surface area contributed by atoms with Gasteiger partial charge in [-0.25, -0.2) is 4.39 Å². The number of hydrogen-bond donors (Lipinski definition) is 1. The summed E-state index contributed by atoms with van der Waals surface area (Å²) in [5.41, 5.74) is 1.07. The average Bonchev–Trinajstić information content (AvgIpc) is 2.35. The summed E-state index contributed by atoms with van der Waals surface area (Å²) in [6, 6.07) is 2.83. The number of phenolic OH excluding ortho intramolecular Hbond substituents is 1. The molecule has 0 aliphatic carbocycles. The van der Waals surface area contributed by atoms with Crippen molar-refractivity contribution in [2.45, 2.75) is 6.92 Å². The number of halogens is 1. The first kappa shape index (κ1) is 7.55. The maximum atomic E-state index is 12.8. The Morgan fingerprint density at radius 1 is 1.42 bits per heavy atom. The van der Waals surface area contributed by atoms with Crippen LogP contribution in [-0.2, 0) is 0 Å². The van der Waals surface area contributed by atoms with E-state index in [9.17, 15) is 4.39 Å². The highest BCUT2D eigenvalue weighted by Crippen LogP contribution is 2.30. The zero-order valence-corrected chi connectivity index (χ0v) is 7.28. The van der Waals surface area contributed by atoms with E-state index in [1.807, 2.05) is 12.3 Å². The van der Waals surface area contributed by atoms with E-state index in [1.54, 1.807) is 0 Å². The molecule has 0 atom stereocenters. The van der Waals surface area contributed by atoms with Gasteiger partial charge in [-0.3, -0.25) is 0 Å². The molecule has 0 aliphatic rings. The fourth-order valence-electron chi connectivity index (χ4n) is 1.16. The van der Waals surface area contributed by atoms with Gasteiger partial charge < -0.3 is 5.11 Å². The van der Waals surface area contributed by atoms with Gasteiger partial charge in [0.15, 0.2) is 11.6 Å². The number of aryl methyl sites for hydroxylation is 1. The van der Waals surface area contributed by atoms with Crippen LogP contribution < -0.4 is 0 Å². The standard InChI is InChI=1S/C9H7FOS/c1-5-4-12-9-3-7(10)8(11)2-6(5)9/h2-4,11H,1H3. The molecule has 0 spiro atoms. The average molecular weight is 182 g/mol. The molecule has 0 fully saturated rings. The molecular weight excluding hydrogens is 175 g/mol. The van der Waals surface area contributed by atoms with Gasteiger partial charge in [0, 0.05) is 4.70 Å². The van der Waals surface area contributed by atoms with Crippen LogP contribution in [0.5, 0.6) is 5.75 Å². The second-order valence-electron chi connectivity index (χ2n) is 2.72. The van der Waals surface area contributed by atoms with Gasteiger partial charge in [-0.1, -0.05) is 0 Å². The Labute approximate surface area is 73.1 Å². The minimum Gasteiger partial charge on any atom is -0.505 e. The topological polar surface area (TPSA) is 20.2 Å². The summed E-state index contributed by atoms with van der Waals surface area (Å²) in [6.45, 7) is 1.94. The van der Waals surface area contributed by atoms with E-state index >= 15 is 0 Å². The largest absolute Gasteiger partial charge is 0.505 e. The third-order valence-corrected chi connectivity index (χ3v) is 2.90. The molecule has 1 aromatic heterocycles. The van der Waals surface area contributed by atoms with Crippen LogP contribution in [0.15, 0.2) is 17.5 Å². The molecule has 2 rings (SSSR count). The molecule has 0 radical (unpaired) electrons. The predicted molar refractivity (Wildman–Crippen MR) is 48.2 cm³/mol. The lowest BCUT2D eigenvalue weighted by Crippen LogP contribution is -1.75. The molecule has 0 unspecified atom stereocenters. The number of benzene rings is 1. The Balaban J connectivity index is 2.87. The highest BCUT2D eigenvalue weighted by Gasteiger charge is 2.05. The van der Waals surface area contributed by atoms with Crippen molar-refractivity contribution in [2.24, 2.45) is 0 Å². The second-order valence-corrected chi connectivity index (χ2v) is 3.63. The van der Waals surface area contributed by atoms with Crippen molar-refractivity contribution in [1.29, 1.82) is 0 Å². The Bertz CT molecular complexity index is 433. The van der Waals surface area contributed by atoms with Gasteiger partial charge in [0.25, 0.3) is 0 Å². The highest BCUT2D eigenvalue weighted by molar-refractivity contribution is 7.17. The zero-order valence-electron chi connectivity index (χ0n) is 6.47. The van der Waals surface area contributed by atoms with Crippen molar-refractivity contribution in [3.63, 3.8) is 0 Å². The number of hydrogen-bond acceptors (Lipinski definition) is 2. The van der Waals surface area contributed by atoms with Crippen molar-refractivity contribution in [1.82, 2.24) is 0 Å². The van der Waals surface area contributed by atoms with Crippen LogP contribution in [0.3, 0.4) is 0 Å².